The van der Waals surface area contributed by atoms with Crippen LogP contribution in [0.3, 0.4) is 0 Å². The topological polar surface area (TPSA) is 84.0 Å². The lowest BCUT2D eigenvalue weighted by atomic mass is 9.97. The number of carbonyl (C=O) groups is 2. The van der Waals surface area contributed by atoms with Crippen LogP contribution in [-0.4, -0.2) is 56.2 Å². The molecule has 9 heteroatoms. The third-order valence-electron chi connectivity index (χ3n) is 6.28. The number of ether oxygens (including phenoxy) is 1. The van der Waals surface area contributed by atoms with Crippen LogP contribution in [0.5, 0.6) is 0 Å². The Hall–Kier alpha value is -2.23. The molecule has 1 aromatic carbocycles. The molecule has 0 N–H and O–H groups in total. The summed E-state index contributed by atoms with van der Waals surface area (Å²) in [5.74, 6) is -0.930. The predicted octanol–water partition coefficient (Wildman–Crippen LogP) is 3.40. The summed E-state index contributed by atoms with van der Waals surface area (Å²) in [6.45, 7) is 3.55. The molecule has 0 bridgehead atoms. The number of hydrogen-bond donors (Lipinski definition) is 0. The highest BCUT2D eigenvalue weighted by molar-refractivity contribution is 7.91. The molecule has 1 aromatic heterocycles. The summed E-state index contributed by atoms with van der Waals surface area (Å²) in [7, 11) is -2.52. The highest BCUT2D eigenvalue weighted by Crippen LogP contribution is 2.39. The molecule has 2 aliphatic rings. The van der Waals surface area contributed by atoms with Crippen molar-refractivity contribution < 1.29 is 22.7 Å². The Labute approximate surface area is 193 Å². The minimum atomic E-state index is -3.79. The van der Waals surface area contributed by atoms with E-state index in [1.165, 1.54) is 11.4 Å². The van der Waals surface area contributed by atoms with Crippen LogP contribution < -0.4 is 0 Å². The van der Waals surface area contributed by atoms with Gasteiger partial charge in [0.2, 0.25) is 5.91 Å². The largest absolute Gasteiger partial charge is 0.465 e. The van der Waals surface area contributed by atoms with Crippen LogP contribution in [0, 0.1) is 0 Å². The van der Waals surface area contributed by atoms with E-state index in [1.54, 1.807) is 4.90 Å². The van der Waals surface area contributed by atoms with Gasteiger partial charge in [-0.25, -0.2) is 13.2 Å². The second kappa shape index (κ2) is 9.33. The summed E-state index contributed by atoms with van der Waals surface area (Å²) in [6, 6.07) is 9.60. The predicted molar refractivity (Wildman–Crippen MR) is 122 cm³/mol. The summed E-state index contributed by atoms with van der Waals surface area (Å²) in [6.07, 6.45) is 3.07. The van der Waals surface area contributed by atoms with Gasteiger partial charge >= 0.3 is 5.97 Å². The number of piperidine rings is 1. The van der Waals surface area contributed by atoms with Crippen LogP contribution >= 0.6 is 11.3 Å². The Morgan fingerprint density at radius 3 is 2.41 bits per heavy atom. The number of esters is 1. The zero-order valence-electron chi connectivity index (χ0n) is 18.4. The third-order valence-corrected chi connectivity index (χ3v) is 9.90. The van der Waals surface area contributed by atoms with Gasteiger partial charge in [-0.15, -0.1) is 11.3 Å². The Morgan fingerprint density at radius 2 is 1.75 bits per heavy atom. The van der Waals surface area contributed by atoms with Crippen LogP contribution in [0.2, 0.25) is 0 Å². The number of hydrogen-bond acceptors (Lipinski definition) is 6. The van der Waals surface area contributed by atoms with Gasteiger partial charge in [-0.05, 0) is 37.3 Å². The molecule has 2 aliphatic heterocycles. The number of sulfonamides is 1. The van der Waals surface area contributed by atoms with Gasteiger partial charge in [0, 0.05) is 24.5 Å². The first kappa shape index (κ1) is 22.9. The Morgan fingerprint density at radius 1 is 1.06 bits per heavy atom. The lowest BCUT2D eigenvalue weighted by Gasteiger charge is -2.29. The van der Waals surface area contributed by atoms with E-state index in [-0.39, 0.29) is 21.6 Å². The molecule has 3 heterocycles. The van der Waals surface area contributed by atoms with E-state index in [2.05, 4.69) is 0 Å². The standard InChI is InChI=1S/C23H28N2O5S2/c1-16(17-9-5-3-6-10-17)21(26)24-14-11-18-19(15-24)31-23(20(18)22(27)30-2)32(28,29)25-12-7-4-8-13-25/h3,5-6,9-10,16H,4,7-8,11-15H2,1-2H3/t16-/m0/s1. The Kier molecular flexibility index (Phi) is 6.69. The number of benzene rings is 1. The molecule has 4 rings (SSSR count). The fourth-order valence-electron chi connectivity index (χ4n) is 4.44. The molecule has 32 heavy (non-hydrogen) atoms. The van der Waals surface area contributed by atoms with Crippen molar-refractivity contribution >= 4 is 33.2 Å². The minimum Gasteiger partial charge on any atom is -0.465 e. The van der Waals surface area contributed by atoms with E-state index in [4.69, 9.17) is 4.74 Å². The molecular weight excluding hydrogens is 448 g/mol. The van der Waals surface area contributed by atoms with Gasteiger partial charge in [-0.2, -0.15) is 4.31 Å². The first-order valence-corrected chi connectivity index (χ1v) is 13.2. The quantitative estimate of drug-likeness (QED) is 0.618. The molecule has 7 nitrogen and oxygen atoms in total. The average molecular weight is 477 g/mol. The summed E-state index contributed by atoms with van der Waals surface area (Å²) in [4.78, 5) is 28.3. The fraction of sp³-hybridized carbons (Fsp3) is 0.478. The van der Waals surface area contributed by atoms with Crippen molar-refractivity contribution in [3.63, 3.8) is 0 Å². The molecule has 0 aliphatic carbocycles. The van der Waals surface area contributed by atoms with Gasteiger partial charge in [0.25, 0.3) is 10.0 Å². The number of nitrogens with zero attached hydrogens (tertiary/aromatic N) is 2. The highest BCUT2D eigenvalue weighted by Gasteiger charge is 2.38. The molecule has 1 amide bonds. The molecular formula is C23H28N2O5S2. The maximum absolute atomic E-state index is 13.4. The van der Waals surface area contributed by atoms with Crippen molar-refractivity contribution in [2.75, 3.05) is 26.7 Å². The van der Waals surface area contributed by atoms with Crippen LogP contribution in [0.4, 0.5) is 0 Å². The fourth-order valence-corrected chi connectivity index (χ4v) is 7.99. The highest BCUT2D eigenvalue weighted by atomic mass is 32.2. The van der Waals surface area contributed by atoms with Crippen LogP contribution in [0.1, 0.15) is 58.5 Å². The smallest absolute Gasteiger partial charge is 0.340 e. The number of carbonyl (C=O) groups excluding carboxylic acids is 2. The Balaban J connectivity index is 1.65. The van der Waals surface area contributed by atoms with E-state index < -0.39 is 16.0 Å². The number of thiophene rings is 1. The molecule has 2 aromatic rings. The van der Waals surface area contributed by atoms with Gasteiger partial charge in [0.05, 0.1) is 25.1 Å². The monoisotopic (exact) mass is 476 g/mol. The van der Waals surface area contributed by atoms with E-state index >= 15 is 0 Å². The van der Waals surface area contributed by atoms with E-state index in [0.29, 0.717) is 38.2 Å². The summed E-state index contributed by atoms with van der Waals surface area (Å²) < 4.78 is 33.3. The van der Waals surface area contributed by atoms with Crippen molar-refractivity contribution in [3.05, 3.63) is 51.9 Å². The van der Waals surface area contributed by atoms with Crippen molar-refractivity contribution in [1.29, 1.82) is 0 Å². The van der Waals surface area contributed by atoms with Crippen molar-refractivity contribution in [2.45, 2.75) is 49.3 Å². The lowest BCUT2D eigenvalue weighted by molar-refractivity contribution is -0.133. The van der Waals surface area contributed by atoms with Crippen molar-refractivity contribution in [1.82, 2.24) is 9.21 Å². The molecule has 1 saturated heterocycles. The van der Waals surface area contributed by atoms with Crippen LogP contribution in [0.25, 0.3) is 0 Å². The number of amides is 1. The lowest BCUT2D eigenvalue weighted by Crippen LogP contribution is -2.38. The molecule has 172 valence electrons. The van der Waals surface area contributed by atoms with Crippen LogP contribution in [0.15, 0.2) is 34.5 Å². The maximum Gasteiger partial charge on any atom is 0.340 e. The van der Waals surface area contributed by atoms with Crippen molar-refractivity contribution in [2.24, 2.45) is 0 Å². The van der Waals surface area contributed by atoms with Gasteiger partial charge in [0.1, 0.15) is 4.21 Å². The molecule has 0 radical (unpaired) electrons. The molecule has 0 unspecified atom stereocenters. The SMILES string of the molecule is COC(=O)c1c(S(=O)(=O)N2CCCCC2)sc2c1CCN(C(=O)[C@@H](C)c1ccccc1)C2. The minimum absolute atomic E-state index is 0.00435. The summed E-state index contributed by atoms with van der Waals surface area (Å²) in [5, 5.41) is 0. The first-order chi connectivity index (χ1) is 15.3. The Bertz CT molecular complexity index is 1100. The van der Waals surface area contributed by atoms with E-state index in [1.807, 2.05) is 37.3 Å². The zero-order valence-corrected chi connectivity index (χ0v) is 20.0. The number of methoxy groups -OCH3 is 1. The first-order valence-electron chi connectivity index (χ1n) is 10.9. The molecule has 0 spiro atoms. The second-order valence-electron chi connectivity index (χ2n) is 8.26. The summed E-state index contributed by atoms with van der Waals surface area (Å²) >= 11 is 1.11. The molecule has 1 atom stereocenters. The maximum atomic E-state index is 13.4. The second-order valence-corrected chi connectivity index (χ2v) is 11.5. The van der Waals surface area contributed by atoms with Crippen LogP contribution in [-0.2, 0) is 32.5 Å². The third kappa shape index (κ3) is 4.21. The normalized spacial score (nSPS) is 18.1. The zero-order chi connectivity index (χ0) is 22.9. The molecule has 1 fully saturated rings. The van der Waals surface area contributed by atoms with Gasteiger partial charge in [0.15, 0.2) is 0 Å². The summed E-state index contributed by atoms with van der Waals surface area (Å²) in [5.41, 5.74) is 1.80. The number of rotatable bonds is 5. The van der Waals surface area contributed by atoms with Gasteiger partial charge in [-0.1, -0.05) is 36.8 Å². The van der Waals surface area contributed by atoms with Gasteiger partial charge in [-0.3, -0.25) is 4.79 Å². The van der Waals surface area contributed by atoms with Gasteiger partial charge < -0.3 is 9.64 Å². The number of fused-ring (bicyclic) bond motifs is 1. The van der Waals surface area contributed by atoms with E-state index in [0.717, 1.165) is 41.0 Å². The van der Waals surface area contributed by atoms with E-state index in [9.17, 15) is 18.0 Å². The average Bonchev–Trinajstić information content (AvgIpc) is 3.23. The molecule has 0 saturated carbocycles. The van der Waals surface area contributed by atoms with Crippen molar-refractivity contribution in [3.8, 4) is 0 Å².